The van der Waals surface area contributed by atoms with Gasteiger partial charge in [0.2, 0.25) is 0 Å². The lowest BCUT2D eigenvalue weighted by Gasteiger charge is -2.14. The van der Waals surface area contributed by atoms with Gasteiger partial charge < -0.3 is 14.8 Å². The minimum Gasteiger partial charge on any atom is -0.497 e. The maximum absolute atomic E-state index is 5.66. The first-order valence-electron chi connectivity index (χ1n) is 9.84. The van der Waals surface area contributed by atoms with Crippen molar-refractivity contribution in [3.63, 3.8) is 0 Å². The van der Waals surface area contributed by atoms with Gasteiger partial charge in [-0.2, -0.15) is 5.10 Å². The molecule has 2 aromatic carbocycles. The Morgan fingerprint density at radius 2 is 1.90 bits per heavy atom. The van der Waals surface area contributed by atoms with E-state index < -0.39 is 0 Å². The van der Waals surface area contributed by atoms with E-state index in [0.29, 0.717) is 6.54 Å². The molecule has 30 heavy (non-hydrogen) atoms. The number of ether oxygens (including phenoxy) is 2. The van der Waals surface area contributed by atoms with E-state index in [4.69, 9.17) is 14.6 Å². The molecule has 0 saturated heterocycles. The fourth-order valence-electron chi connectivity index (χ4n) is 3.38. The minimum atomic E-state index is 0.0365. The number of nitrogens with zero attached hydrogens (tertiary/aromatic N) is 2. The van der Waals surface area contributed by atoms with Crippen molar-refractivity contribution in [2.24, 2.45) is 0 Å². The number of rotatable bonds is 9. The van der Waals surface area contributed by atoms with Gasteiger partial charge in [0, 0.05) is 42.4 Å². The van der Waals surface area contributed by atoms with Crippen molar-refractivity contribution in [3.05, 3.63) is 88.7 Å². The number of aromatic nitrogens is 2. The van der Waals surface area contributed by atoms with Crippen LogP contribution in [0.2, 0.25) is 0 Å². The van der Waals surface area contributed by atoms with Crippen LogP contribution in [0.3, 0.4) is 0 Å². The van der Waals surface area contributed by atoms with Crippen molar-refractivity contribution >= 4 is 11.3 Å². The molecule has 2 heterocycles. The molecule has 0 fully saturated rings. The van der Waals surface area contributed by atoms with Crippen molar-refractivity contribution in [3.8, 4) is 22.7 Å². The third-order valence-electron chi connectivity index (χ3n) is 4.94. The fourth-order valence-corrected chi connectivity index (χ4v) is 4.18. The maximum Gasteiger partial charge on any atom is 0.119 e. The highest BCUT2D eigenvalue weighted by Gasteiger charge is 2.15. The topological polar surface area (TPSA) is 48.3 Å². The van der Waals surface area contributed by atoms with E-state index in [2.05, 4.69) is 47.2 Å². The van der Waals surface area contributed by atoms with Crippen LogP contribution in [0.25, 0.3) is 16.9 Å². The van der Waals surface area contributed by atoms with E-state index in [9.17, 15) is 0 Å². The van der Waals surface area contributed by atoms with Crippen LogP contribution in [-0.4, -0.2) is 30.5 Å². The lowest BCUT2D eigenvalue weighted by atomic mass is 10.1. The zero-order chi connectivity index (χ0) is 20.8. The highest BCUT2D eigenvalue weighted by atomic mass is 32.1. The summed E-state index contributed by atoms with van der Waals surface area (Å²) in [5.41, 5.74) is 4.12. The molecule has 4 aromatic rings. The number of methoxy groups -OCH3 is 2. The maximum atomic E-state index is 5.66. The molecule has 0 aliphatic heterocycles. The smallest absolute Gasteiger partial charge is 0.119 e. The summed E-state index contributed by atoms with van der Waals surface area (Å²) < 4.78 is 13.0. The van der Waals surface area contributed by atoms with Gasteiger partial charge in [0.15, 0.2) is 0 Å². The van der Waals surface area contributed by atoms with Gasteiger partial charge in [-0.3, -0.25) is 0 Å². The number of nitrogens with one attached hydrogen (secondary N) is 1. The highest BCUT2D eigenvalue weighted by Crippen LogP contribution is 2.27. The molecule has 1 N–H and O–H groups in total. The van der Waals surface area contributed by atoms with Gasteiger partial charge in [-0.05, 0) is 35.7 Å². The lowest BCUT2D eigenvalue weighted by molar-refractivity contribution is 0.105. The normalized spacial score (nSPS) is 12.1. The monoisotopic (exact) mass is 419 g/mol. The molecule has 0 saturated carbocycles. The highest BCUT2D eigenvalue weighted by molar-refractivity contribution is 7.10. The zero-order valence-corrected chi connectivity index (χ0v) is 17.9. The molecule has 0 aliphatic rings. The number of hydrogen-bond donors (Lipinski definition) is 1. The molecular formula is C24H25N3O2S. The second-order valence-electron chi connectivity index (χ2n) is 6.89. The first-order chi connectivity index (χ1) is 14.8. The van der Waals surface area contributed by atoms with Crippen molar-refractivity contribution < 1.29 is 9.47 Å². The van der Waals surface area contributed by atoms with Crippen LogP contribution in [0.15, 0.2) is 78.3 Å². The van der Waals surface area contributed by atoms with Gasteiger partial charge in [0.25, 0.3) is 0 Å². The van der Waals surface area contributed by atoms with E-state index in [1.807, 2.05) is 41.1 Å². The standard InChI is InChI=1S/C24H25N3O2S/c1-28-21-11-6-8-18(14-21)24-19(17-27(26-24)20-9-4-3-5-10-20)15-25-16-22(29-2)23-12-7-13-30-23/h3-14,17,22,25H,15-16H2,1-2H3/t22-/m1/s1. The van der Waals surface area contributed by atoms with Crippen LogP contribution in [0.1, 0.15) is 16.5 Å². The van der Waals surface area contributed by atoms with Crippen molar-refractivity contribution in [1.82, 2.24) is 15.1 Å². The van der Waals surface area contributed by atoms with Gasteiger partial charge >= 0.3 is 0 Å². The third-order valence-corrected chi connectivity index (χ3v) is 5.91. The van der Waals surface area contributed by atoms with Crippen LogP contribution in [-0.2, 0) is 11.3 Å². The van der Waals surface area contributed by atoms with E-state index in [-0.39, 0.29) is 6.10 Å². The van der Waals surface area contributed by atoms with Crippen LogP contribution >= 0.6 is 11.3 Å². The average Bonchev–Trinajstić information content (AvgIpc) is 3.48. The van der Waals surface area contributed by atoms with Gasteiger partial charge in [-0.25, -0.2) is 4.68 Å². The Labute approximate surface area is 180 Å². The molecule has 0 unspecified atom stereocenters. The predicted molar refractivity (Wildman–Crippen MR) is 121 cm³/mol. The molecule has 2 aromatic heterocycles. The molecule has 154 valence electrons. The molecule has 4 rings (SSSR count). The van der Waals surface area contributed by atoms with Crippen molar-refractivity contribution in [2.45, 2.75) is 12.6 Å². The molecule has 0 amide bonds. The fraction of sp³-hybridized carbons (Fsp3) is 0.208. The number of benzene rings is 2. The zero-order valence-electron chi connectivity index (χ0n) is 17.1. The van der Waals surface area contributed by atoms with E-state index in [0.717, 1.165) is 34.8 Å². The van der Waals surface area contributed by atoms with Gasteiger partial charge in [-0.1, -0.05) is 36.4 Å². The van der Waals surface area contributed by atoms with E-state index in [1.54, 1.807) is 25.6 Å². The number of thiophene rings is 1. The number of para-hydroxylation sites is 1. The molecule has 5 nitrogen and oxygen atoms in total. The molecule has 0 radical (unpaired) electrons. The molecule has 1 atom stereocenters. The Bertz CT molecular complexity index is 1060. The Kier molecular flexibility index (Phi) is 6.59. The van der Waals surface area contributed by atoms with Crippen LogP contribution < -0.4 is 10.1 Å². The summed E-state index contributed by atoms with van der Waals surface area (Å²) in [6.07, 6.45) is 2.12. The van der Waals surface area contributed by atoms with Gasteiger partial charge in [0.05, 0.1) is 18.5 Å². The van der Waals surface area contributed by atoms with Crippen molar-refractivity contribution in [1.29, 1.82) is 0 Å². The molecular weight excluding hydrogens is 394 g/mol. The third kappa shape index (κ3) is 4.62. The van der Waals surface area contributed by atoms with Gasteiger partial charge in [-0.15, -0.1) is 11.3 Å². The Morgan fingerprint density at radius 1 is 1.03 bits per heavy atom. The summed E-state index contributed by atoms with van der Waals surface area (Å²) in [6.45, 7) is 1.41. The summed E-state index contributed by atoms with van der Waals surface area (Å²) in [4.78, 5) is 1.22. The average molecular weight is 420 g/mol. The SMILES string of the molecule is COc1cccc(-c2nn(-c3ccccc3)cc2CNC[C@@H](OC)c2cccs2)c1. The molecule has 0 bridgehead atoms. The van der Waals surface area contributed by atoms with Crippen LogP contribution in [0, 0.1) is 0 Å². The summed E-state index contributed by atoms with van der Waals surface area (Å²) in [6, 6.07) is 22.3. The minimum absolute atomic E-state index is 0.0365. The molecule has 0 aliphatic carbocycles. The summed E-state index contributed by atoms with van der Waals surface area (Å²) in [5.74, 6) is 0.817. The van der Waals surface area contributed by atoms with Crippen molar-refractivity contribution in [2.75, 3.05) is 20.8 Å². The number of hydrogen-bond acceptors (Lipinski definition) is 5. The molecule has 6 heteroatoms. The lowest BCUT2D eigenvalue weighted by Crippen LogP contribution is -2.22. The van der Waals surface area contributed by atoms with E-state index in [1.165, 1.54) is 4.88 Å². The second kappa shape index (κ2) is 9.71. The van der Waals surface area contributed by atoms with Crippen LogP contribution in [0.5, 0.6) is 5.75 Å². The first-order valence-corrected chi connectivity index (χ1v) is 10.7. The largest absolute Gasteiger partial charge is 0.497 e. The Balaban J connectivity index is 1.59. The summed E-state index contributed by atoms with van der Waals surface area (Å²) >= 11 is 1.71. The summed E-state index contributed by atoms with van der Waals surface area (Å²) in [5, 5.41) is 10.5. The second-order valence-corrected chi connectivity index (χ2v) is 7.86. The quantitative estimate of drug-likeness (QED) is 0.411. The van der Waals surface area contributed by atoms with E-state index >= 15 is 0 Å². The Morgan fingerprint density at radius 3 is 2.63 bits per heavy atom. The van der Waals surface area contributed by atoms with Gasteiger partial charge in [0.1, 0.15) is 11.9 Å². The first kappa shape index (κ1) is 20.3. The predicted octanol–water partition coefficient (Wildman–Crippen LogP) is 5.09. The molecule has 0 spiro atoms. The Hall–Kier alpha value is -2.93. The van der Waals surface area contributed by atoms with Crippen LogP contribution in [0.4, 0.5) is 0 Å². The summed E-state index contributed by atoms with van der Waals surface area (Å²) in [7, 11) is 3.43.